The number of hydrogen-bond acceptors (Lipinski definition) is 6. The van der Waals surface area contributed by atoms with Gasteiger partial charge in [-0.05, 0) is 71.8 Å². The number of aromatic nitrogens is 1. The van der Waals surface area contributed by atoms with Crippen LogP contribution < -0.4 is 9.47 Å². The second-order valence-corrected chi connectivity index (χ2v) is 7.20. The van der Waals surface area contributed by atoms with Crippen molar-refractivity contribution in [2.24, 2.45) is 5.92 Å². The fourth-order valence-corrected chi connectivity index (χ4v) is 2.99. The van der Waals surface area contributed by atoms with Crippen molar-refractivity contribution in [2.75, 3.05) is 13.2 Å². The molecule has 0 bridgehead atoms. The van der Waals surface area contributed by atoms with Crippen LogP contribution in [-0.4, -0.2) is 30.6 Å². The minimum absolute atomic E-state index is 0.0196. The van der Waals surface area contributed by atoms with Crippen molar-refractivity contribution in [1.29, 1.82) is 5.41 Å². The summed E-state index contributed by atoms with van der Waals surface area (Å²) >= 11 is 0. The van der Waals surface area contributed by atoms with E-state index < -0.39 is 6.36 Å². The summed E-state index contributed by atoms with van der Waals surface area (Å²) in [6.45, 7) is 2.29. The Morgan fingerprint density at radius 3 is 2.57 bits per heavy atom. The van der Waals surface area contributed by atoms with Gasteiger partial charge >= 0.3 is 6.36 Å². The highest BCUT2D eigenvalue weighted by Gasteiger charge is 2.31. The van der Waals surface area contributed by atoms with Gasteiger partial charge < -0.3 is 18.7 Å². The van der Waals surface area contributed by atoms with Gasteiger partial charge in [0.05, 0.1) is 12.0 Å². The lowest BCUT2D eigenvalue weighted by Crippen LogP contribution is -2.16. The fourth-order valence-electron chi connectivity index (χ4n) is 2.99. The molecule has 158 valence electrons. The average Bonchev–Trinajstić information content (AvgIpc) is 3.42. The van der Waals surface area contributed by atoms with E-state index in [1.54, 1.807) is 6.07 Å². The first kappa shape index (κ1) is 20.1. The molecule has 4 rings (SSSR count). The zero-order valence-corrected chi connectivity index (χ0v) is 16.1. The summed E-state index contributed by atoms with van der Waals surface area (Å²) in [6, 6.07) is 9.21. The zero-order chi connectivity index (χ0) is 21.3. The van der Waals surface area contributed by atoms with Crippen LogP contribution in [0.3, 0.4) is 0 Å². The fraction of sp³-hybridized carbons (Fsp3) is 0.333. The Balaban J connectivity index is 1.51. The molecule has 9 heteroatoms. The van der Waals surface area contributed by atoms with Gasteiger partial charge in [-0.25, -0.2) is 0 Å². The van der Waals surface area contributed by atoms with Crippen LogP contribution in [0.25, 0.3) is 22.1 Å². The Kier molecular flexibility index (Phi) is 5.27. The van der Waals surface area contributed by atoms with E-state index in [0.717, 1.165) is 24.0 Å². The Morgan fingerprint density at radius 1 is 1.17 bits per heavy atom. The molecule has 1 N–H and O–H groups in total. The molecule has 1 aromatic heterocycles. The summed E-state index contributed by atoms with van der Waals surface area (Å²) in [4.78, 5) is 0. The third kappa shape index (κ3) is 4.84. The highest BCUT2D eigenvalue weighted by atomic mass is 19.4. The normalized spacial score (nSPS) is 14.0. The van der Waals surface area contributed by atoms with Crippen molar-refractivity contribution in [3.63, 3.8) is 0 Å². The van der Waals surface area contributed by atoms with Crippen molar-refractivity contribution in [1.82, 2.24) is 5.16 Å². The molecular formula is C21H19F3N2O4. The lowest BCUT2D eigenvalue weighted by Gasteiger charge is -2.10. The molecule has 6 nitrogen and oxygen atoms in total. The van der Waals surface area contributed by atoms with Crippen molar-refractivity contribution in [3.8, 4) is 22.8 Å². The van der Waals surface area contributed by atoms with E-state index in [4.69, 9.17) is 19.4 Å². The largest absolute Gasteiger partial charge is 0.573 e. The van der Waals surface area contributed by atoms with Gasteiger partial charge in [0.2, 0.25) is 5.90 Å². The first-order valence-electron chi connectivity index (χ1n) is 9.38. The topological polar surface area (TPSA) is 77.6 Å². The predicted octanol–water partition coefficient (Wildman–Crippen LogP) is 5.48. The summed E-state index contributed by atoms with van der Waals surface area (Å²) < 4.78 is 57.2. The van der Waals surface area contributed by atoms with Crippen molar-refractivity contribution < 1.29 is 31.9 Å². The molecule has 1 fully saturated rings. The van der Waals surface area contributed by atoms with E-state index in [1.807, 2.05) is 13.0 Å². The molecule has 0 aliphatic heterocycles. The van der Waals surface area contributed by atoms with Crippen LogP contribution in [0.5, 0.6) is 11.6 Å². The molecule has 0 amide bonds. The Hall–Kier alpha value is -3.23. The van der Waals surface area contributed by atoms with E-state index >= 15 is 0 Å². The summed E-state index contributed by atoms with van der Waals surface area (Å²) in [5.41, 5.74) is 2.78. The van der Waals surface area contributed by atoms with Gasteiger partial charge in [-0.2, -0.15) is 0 Å². The molecule has 1 aliphatic rings. The van der Waals surface area contributed by atoms with Gasteiger partial charge in [-0.1, -0.05) is 12.1 Å². The standard InChI is InChI=1S/C21H19F3N2O4/c1-12-8-15(14-4-6-16(7-5-14)29-21(22,23)24)9-17-19(12)30-26-20(17)28-11-18(25)27-10-13-2-3-13/h4-9,13,25H,2-3,10-11H2,1H3. The summed E-state index contributed by atoms with van der Waals surface area (Å²) in [7, 11) is 0. The molecule has 2 aromatic carbocycles. The predicted molar refractivity (Wildman–Crippen MR) is 103 cm³/mol. The van der Waals surface area contributed by atoms with Crippen molar-refractivity contribution in [3.05, 3.63) is 42.0 Å². The Labute approximate surface area is 170 Å². The molecule has 1 aliphatic carbocycles. The molecule has 0 atom stereocenters. The smallest absolute Gasteiger partial charge is 0.478 e. The first-order valence-corrected chi connectivity index (χ1v) is 9.38. The summed E-state index contributed by atoms with van der Waals surface area (Å²) in [5, 5.41) is 12.4. The van der Waals surface area contributed by atoms with Gasteiger partial charge in [0.25, 0.3) is 5.88 Å². The average molecular weight is 420 g/mol. The number of ether oxygens (including phenoxy) is 3. The van der Waals surface area contributed by atoms with Gasteiger partial charge in [0.1, 0.15) is 5.75 Å². The molecule has 0 saturated heterocycles. The third-order valence-electron chi connectivity index (χ3n) is 4.68. The summed E-state index contributed by atoms with van der Waals surface area (Å²) in [5.74, 6) is 0.497. The van der Waals surface area contributed by atoms with Crippen LogP contribution in [0, 0.1) is 18.3 Å². The molecule has 0 unspecified atom stereocenters. The number of alkyl halides is 3. The zero-order valence-electron chi connectivity index (χ0n) is 16.1. The van der Waals surface area contributed by atoms with E-state index in [9.17, 15) is 13.2 Å². The van der Waals surface area contributed by atoms with Crippen molar-refractivity contribution in [2.45, 2.75) is 26.1 Å². The minimum Gasteiger partial charge on any atom is -0.478 e. The maximum atomic E-state index is 12.3. The number of hydrogen-bond donors (Lipinski definition) is 1. The maximum absolute atomic E-state index is 12.3. The van der Waals surface area contributed by atoms with Gasteiger partial charge in [-0.15, -0.1) is 13.2 Å². The van der Waals surface area contributed by atoms with Gasteiger partial charge in [-0.3, -0.25) is 5.41 Å². The molecule has 30 heavy (non-hydrogen) atoms. The molecular weight excluding hydrogens is 401 g/mol. The lowest BCUT2D eigenvalue weighted by molar-refractivity contribution is -0.274. The third-order valence-corrected chi connectivity index (χ3v) is 4.68. The number of nitrogens with zero attached hydrogens (tertiary/aromatic N) is 1. The number of benzene rings is 2. The molecule has 3 aromatic rings. The number of nitrogens with one attached hydrogen (secondary N) is 1. The highest BCUT2D eigenvalue weighted by Crippen LogP contribution is 2.34. The highest BCUT2D eigenvalue weighted by molar-refractivity contribution is 5.90. The number of halogens is 3. The van der Waals surface area contributed by atoms with E-state index in [1.165, 1.54) is 24.3 Å². The van der Waals surface area contributed by atoms with Gasteiger partial charge in [0.15, 0.2) is 12.2 Å². The van der Waals surface area contributed by atoms with Gasteiger partial charge in [0, 0.05) is 0 Å². The second-order valence-electron chi connectivity index (χ2n) is 7.20. The maximum Gasteiger partial charge on any atom is 0.573 e. The molecule has 0 radical (unpaired) electrons. The number of fused-ring (bicyclic) bond motifs is 1. The van der Waals surface area contributed by atoms with Crippen LogP contribution in [0.1, 0.15) is 18.4 Å². The number of rotatable bonds is 7. The Bertz CT molecular complexity index is 1060. The van der Waals surface area contributed by atoms with Crippen LogP contribution in [0.15, 0.2) is 40.9 Å². The van der Waals surface area contributed by atoms with Crippen LogP contribution >= 0.6 is 0 Å². The second kappa shape index (κ2) is 7.89. The SMILES string of the molecule is Cc1cc(-c2ccc(OC(F)(F)F)cc2)cc2c(OCC(=N)OCC3CC3)noc12. The lowest BCUT2D eigenvalue weighted by atomic mass is 10.0. The first-order chi connectivity index (χ1) is 14.3. The minimum atomic E-state index is -4.73. The van der Waals surface area contributed by atoms with E-state index in [0.29, 0.717) is 29.1 Å². The molecule has 1 saturated carbocycles. The van der Waals surface area contributed by atoms with E-state index in [-0.39, 0.29) is 24.1 Å². The van der Waals surface area contributed by atoms with Crippen LogP contribution in [0.2, 0.25) is 0 Å². The Morgan fingerprint density at radius 2 is 1.90 bits per heavy atom. The quantitative estimate of drug-likeness (QED) is 0.404. The summed E-state index contributed by atoms with van der Waals surface area (Å²) in [6.07, 6.45) is -2.47. The van der Waals surface area contributed by atoms with Crippen LogP contribution in [0.4, 0.5) is 13.2 Å². The van der Waals surface area contributed by atoms with E-state index in [2.05, 4.69) is 9.89 Å². The number of aryl methyl sites for hydroxylation is 1. The van der Waals surface area contributed by atoms with Crippen molar-refractivity contribution >= 4 is 16.9 Å². The molecule has 0 spiro atoms. The van der Waals surface area contributed by atoms with Crippen LogP contribution in [-0.2, 0) is 4.74 Å². The monoisotopic (exact) mass is 420 g/mol. The molecule has 1 heterocycles.